The van der Waals surface area contributed by atoms with Crippen LogP contribution in [0.3, 0.4) is 0 Å². The summed E-state index contributed by atoms with van der Waals surface area (Å²) in [5.74, 6) is -0.213. The van der Waals surface area contributed by atoms with Gasteiger partial charge in [0.05, 0.1) is 5.69 Å². The molecule has 0 aliphatic carbocycles. The Labute approximate surface area is 52.9 Å². The molecule has 0 aliphatic heterocycles. The van der Waals surface area contributed by atoms with E-state index in [-0.39, 0.29) is 11.4 Å². The standard InChI is InChI=1S/C6H7N2O/c7-4-2-1-3-5(9)6(4)8/h1-3H,7-8H2. The Bertz CT molecular complexity index is 202. The average Bonchev–Trinajstić information content (AvgIpc) is 1.83. The van der Waals surface area contributed by atoms with E-state index in [2.05, 4.69) is 0 Å². The third kappa shape index (κ3) is 0.887. The lowest BCUT2D eigenvalue weighted by Crippen LogP contribution is -1.92. The lowest BCUT2D eigenvalue weighted by Gasteiger charge is -1.96. The van der Waals surface area contributed by atoms with E-state index in [1.165, 1.54) is 6.07 Å². The zero-order valence-corrected chi connectivity index (χ0v) is 4.79. The summed E-state index contributed by atoms with van der Waals surface area (Å²) in [7, 11) is 0. The van der Waals surface area contributed by atoms with Crippen molar-refractivity contribution < 1.29 is 5.11 Å². The second-order valence-electron chi connectivity index (χ2n) is 1.76. The number of anilines is 2. The van der Waals surface area contributed by atoms with Gasteiger partial charge in [-0.1, -0.05) is 6.07 Å². The van der Waals surface area contributed by atoms with E-state index < -0.39 is 0 Å². The molecule has 0 saturated heterocycles. The normalized spacial score (nSPS) is 9.33. The van der Waals surface area contributed by atoms with Gasteiger partial charge in [0.2, 0.25) is 5.75 Å². The Morgan fingerprint density at radius 1 is 1.22 bits per heavy atom. The number of nitrogens with two attached hydrogens (primary N) is 2. The third-order valence-electron chi connectivity index (χ3n) is 1.10. The summed E-state index contributed by atoms with van der Waals surface area (Å²) < 4.78 is 0. The van der Waals surface area contributed by atoms with E-state index in [0.29, 0.717) is 5.69 Å². The van der Waals surface area contributed by atoms with Gasteiger partial charge in [-0.15, -0.1) is 0 Å². The summed E-state index contributed by atoms with van der Waals surface area (Å²) >= 11 is 0. The van der Waals surface area contributed by atoms with Gasteiger partial charge >= 0.3 is 0 Å². The third-order valence-corrected chi connectivity index (χ3v) is 1.10. The van der Waals surface area contributed by atoms with Crippen LogP contribution in [0.15, 0.2) is 18.2 Å². The fourth-order valence-electron chi connectivity index (χ4n) is 0.561. The van der Waals surface area contributed by atoms with Crippen molar-refractivity contribution in [3.63, 3.8) is 0 Å². The van der Waals surface area contributed by atoms with Crippen LogP contribution < -0.4 is 11.5 Å². The molecule has 0 unspecified atom stereocenters. The zero-order chi connectivity index (χ0) is 6.85. The molecule has 1 radical (unpaired) electrons. The molecule has 1 rings (SSSR count). The second kappa shape index (κ2) is 1.85. The number of hydrogen-bond acceptors (Lipinski definition) is 2. The molecule has 0 saturated carbocycles. The first-order chi connectivity index (χ1) is 4.22. The van der Waals surface area contributed by atoms with Crippen molar-refractivity contribution in [2.24, 2.45) is 0 Å². The molecule has 0 aliphatic rings. The van der Waals surface area contributed by atoms with Crippen LogP contribution in [0.1, 0.15) is 0 Å². The molecule has 0 atom stereocenters. The van der Waals surface area contributed by atoms with Crippen molar-refractivity contribution in [3.05, 3.63) is 18.2 Å². The predicted molar refractivity (Wildman–Crippen MR) is 35.4 cm³/mol. The summed E-state index contributed by atoms with van der Waals surface area (Å²) in [5.41, 5.74) is 11.0. The molecular weight excluding hydrogens is 116 g/mol. The largest absolute Gasteiger partial charge is 0.397 e. The molecule has 0 heterocycles. The highest BCUT2D eigenvalue weighted by Gasteiger charge is 1.98. The number of nitrogen functional groups attached to an aromatic ring is 2. The Morgan fingerprint density at radius 3 is 2.33 bits per heavy atom. The highest BCUT2D eigenvalue weighted by atomic mass is 16.3. The Kier molecular flexibility index (Phi) is 1.18. The second-order valence-corrected chi connectivity index (χ2v) is 1.76. The van der Waals surface area contributed by atoms with Crippen LogP contribution in [0.5, 0.6) is 5.75 Å². The number of rotatable bonds is 0. The van der Waals surface area contributed by atoms with Crippen molar-refractivity contribution in [2.45, 2.75) is 0 Å². The fraction of sp³-hybridized carbons (Fsp3) is 0. The molecule has 9 heavy (non-hydrogen) atoms. The molecule has 1 aromatic carbocycles. The average molecular weight is 123 g/mol. The van der Waals surface area contributed by atoms with Gasteiger partial charge in [-0.05, 0) is 12.1 Å². The first kappa shape index (κ1) is 5.75. The van der Waals surface area contributed by atoms with Crippen molar-refractivity contribution >= 4 is 11.4 Å². The summed E-state index contributed by atoms with van der Waals surface area (Å²) in [6, 6.07) is 4.55. The quantitative estimate of drug-likeness (QED) is 0.505. The van der Waals surface area contributed by atoms with Crippen molar-refractivity contribution in [1.29, 1.82) is 0 Å². The molecule has 3 heteroatoms. The maximum absolute atomic E-state index is 10.6. The minimum absolute atomic E-state index is 0.137. The summed E-state index contributed by atoms with van der Waals surface area (Å²) in [6.07, 6.45) is 0. The zero-order valence-electron chi connectivity index (χ0n) is 4.79. The summed E-state index contributed by atoms with van der Waals surface area (Å²) in [4.78, 5) is 0. The smallest absolute Gasteiger partial charge is 0.203 e. The van der Waals surface area contributed by atoms with E-state index in [4.69, 9.17) is 11.5 Å². The topological polar surface area (TPSA) is 71.9 Å². The van der Waals surface area contributed by atoms with Crippen LogP contribution in [-0.4, -0.2) is 0 Å². The number of benzene rings is 1. The molecular formula is C6H7N2O. The Morgan fingerprint density at radius 2 is 1.89 bits per heavy atom. The van der Waals surface area contributed by atoms with Crippen LogP contribution in [0.2, 0.25) is 0 Å². The lowest BCUT2D eigenvalue weighted by molar-refractivity contribution is 0.357. The van der Waals surface area contributed by atoms with Crippen LogP contribution in [-0.2, 0) is 5.11 Å². The minimum atomic E-state index is -0.213. The van der Waals surface area contributed by atoms with Gasteiger partial charge in [0, 0.05) is 0 Å². The lowest BCUT2D eigenvalue weighted by atomic mass is 10.2. The number of para-hydroxylation sites is 1. The van der Waals surface area contributed by atoms with E-state index in [1.807, 2.05) is 0 Å². The molecule has 0 spiro atoms. The first-order valence-electron chi connectivity index (χ1n) is 2.53. The molecule has 0 amide bonds. The maximum atomic E-state index is 10.6. The molecule has 0 aromatic heterocycles. The summed E-state index contributed by atoms with van der Waals surface area (Å²) in [5, 5.41) is 10.6. The molecule has 3 nitrogen and oxygen atoms in total. The molecule has 0 bridgehead atoms. The van der Waals surface area contributed by atoms with Gasteiger partial charge in [0.1, 0.15) is 5.69 Å². The highest BCUT2D eigenvalue weighted by Crippen LogP contribution is 2.25. The van der Waals surface area contributed by atoms with Crippen molar-refractivity contribution in [2.75, 3.05) is 11.5 Å². The first-order valence-corrected chi connectivity index (χ1v) is 2.53. The van der Waals surface area contributed by atoms with Gasteiger partial charge < -0.3 is 11.5 Å². The van der Waals surface area contributed by atoms with Gasteiger partial charge in [-0.2, -0.15) is 0 Å². The van der Waals surface area contributed by atoms with Crippen LogP contribution in [0, 0.1) is 0 Å². The molecule has 1 aromatic rings. The van der Waals surface area contributed by atoms with Crippen LogP contribution >= 0.6 is 0 Å². The van der Waals surface area contributed by atoms with Crippen LogP contribution in [0.4, 0.5) is 11.4 Å². The van der Waals surface area contributed by atoms with Gasteiger partial charge in [-0.25, -0.2) is 0 Å². The van der Waals surface area contributed by atoms with Crippen molar-refractivity contribution in [1.82, 2.24) is 0 Å². The van der Waals surface area contributed by atoms with Crippen LogP contribution in [0.25, 0.3) is 0 Å². The Hall–Kier alpha value is -1.38. The monoisotopic (exact) mass is 123 g/mol. The highest BCUT2D eigenvalue weighted by molar-refractivity contribution is 5.69. The Balaban J connectivity index is 3.25. The van der Waals surface area contributed by atoms with Gasteiger partial charge in [0.25, 0.3) is 0 Å². The van der Waals surface area contributed by atoms with E-state index in [0.717, 1.165) is 0 Å². The van der Waals surface area contributed by atoms with Gasteiger partial charge in [0.15, 0.2) is 0 Å². The SMILES string of the molecule is Nc1cccc([O])c1N. The predicted octanol–water partition coefficient (Wildman–Crippen LogP) is 0.995. The van der Waals surface area contributed by atoms with E-state index in [1.54, 1.807) is 12.1 Å². The van der Waals surface area contributed by atoms with Gasteiger partial charge in [-0.3, -0.25) is 5.11 Å². The van der Waals surface area contributed by atoms with E-state index >= 15 is 0 Å². The van der Waals surface area contributed by atoms with Crippen molar-refractivity contribution in [3.8, 4) is 5.75 Å². The molecule has 47 valence electrons. The summed E-state index contributed by atoms with van der Waals surface area (Å²) in [6.45, 7) is 0. The molecule has 0 fully saturated rings. The minimum Gasteiger partial charge on any atom is -0.397 e. The molecule has 4 N–H and O–H groups in total. The van der Waals surface area contributed by atoms with E-state index in [9.17, 15) is 5.11 Å². The number of hydrogen-bond donors (Lipinski definition) is 2. The maximum Gasteiger partial charge on any atom is 0.203 e. The fourth-order valence-corrected chi connectivity index (χ4v) is 0.561.